The molecule has 0 saturated heterocycles. The Bertz CT molecular complexity index is 1400. The number of nitrogens with zero attached hydrogens (tertiary/aromatic N) is 5. The van der Waals surface area contributed by atoms with Crippen molar-refractivity contribution in [3.05, 3.63) is 65.3 Å². The minimum Gasteiger partial charge on any atom is -0.493 e. The van der Waals surface area contributed by atoms with Crippen LogP contribution in [0.5, 0.6) is 11.5 Å². The predicted molar refractivity (Wildman–Crippen MR) is 139 cm³/mol. The van der Waals surface area contributed by atoms with Crippen molar-refractivity contribution in [1.29, 1.82) is 5.41 Å². The summed E-state index contributed by atoms with van der Waals surface area (Å²) in [6, 6.07) is 1.99. The molecule has 12 heteroatoms. The number of halogens is 2. The Morgan fingerprint density at radius 2 is 1.81 bits per heavy atom. The number of anilines is 3. The van der Waals surface area contributed by atoms with Gasteiger partial charge in [0.05, 0.1) is 44.0 Å². The Labute approximate surface area is 213 Å². The van der Waals surface area contributed by atoms with Crippen LogP contribution in [-0.4, -0.2) is 48.2 Å². The maximum Gasteiger partial charge on any atom is 0.335 e. The number of aryl methyl sites for hydroxylation is 1. The molecule has 3 heterocycles. The minimum atomic E-state index is -1.05. The van der Waals surface area contributed by atoms with E-state index < -0.39 is 23.4 Å². The summed E-state index contributed by atoms with van der Waals surface area (Å²) in [4.78, 5) is 29.2. The van der Waals surface area contributed by atoms with Gasteiger partial charge in [-0.3, -0.25) is 14.9 Å². The number of methoxy groups -OCH3 is 2. The molecule has 9 nitrogen and oxygen atoms in total. The number of urea groups is 1. The number of aromatic nitrogens is 3. The maximum atomic E-state index is 15.4. The lowest BCUT2D eigenvalue weighted by Crippen LogP contribution is -2.46. The van der Waals surface area contributed by atoms with Crippen LogP contribution in [0.3, 0.4) is 0 Å². The molecule has 0 spiro atoms. The molecule has 0 atom stereocenters. The molecule has 1 aliphatic heterocycles. The van der Waals surface area contributed by atoms with E-state index in [1.807, 2.05) is 12.8 Å². The quantitative estimate of drug-likeness (QED) is 0.371. The van der Waals surface area contributed by atoms with Crippen molar-refractivity contribution >= 4 is 41.8 Å². The van der Waals surface area contributed by atoms with Crippen LogP contribution in [0.2, 0.25) is 6.82 Å². The smallest absolute Gasteiger partial charge is 0.335 e. The third kappa shape index (κ3) is 4.62. The largest absolute Gasteiger partial charge is 0.493 e. The second-order valence-electron chi connectivity index (χ2n) is 8.33. The highest BCUT2D eigenvalue weighted by atomic mass is 19.1. The Balaban J connectivity index is 1.96. The molecular formula is C25H25BF2N6O3. The van der Waals surface area contributed by atoms with Crippen molar-refractivity contribution in [3.8, 4) is 11.5 Å². The second kappa shape index (κ2) is 10.3. The van der Waals surface area contributed by atoms with Crippen LogP contribution < -0.4 is 19.3 Å². The number of allylic oxidation sites excluding steroid dienone is 1. The molecule has 1 N–H and O–H groups in total. The van der Waals surface area contributed by atoms with E-state index in [-0.39, 0.29) is 23.9 Å². The summed E-state index contributed by atoms with van der Waals surface area (Å²) in [6.07, 6.45) is 4.45. The predicted octanol–water partition coefficient (Wildman–Crippen LogP) is 4.62. The molecule has 4 rings (SSSR count). The van der Waals surface area contributed by atoms with Crippen molar-refractivity contribution < 1.29 is 23.0 Å². The van der Waals surface area contributed by atoms with E-state index in [0.717, 1.165) is 11.0 Å². The molecule has 0 saturated carbocycles. The fourth-order valence-corrected chi connectivity index (χ4v) is 4.13. The van der Waals surface area contributed by atoms with Crippen molar-refractivity contribution in [2.24, 2.45) is 0 Å². The normalized spacial score (nSPS) is 13.4. The number of ether oxygens (including phenoxy) is 2. The monoisotopic (exact) mass is 506 g/mol. The molecule has 2 amide bonds. The third-order valence-electron chi connectivity index (χ3n) is 5.83. The van der Waals surface area contributed by atoms with Crippen molar-refractivity contribution in [3.63, 3.8) is 0 Å². The number of pyridine rings is 1. The lowest BCUT2D eigenvalue weighted by Gasteiger charge is -2.36. The molecule has 1 aromatic carbocycles. The summed E-state index contributed by atoms with van der Waals surface area (Å²) in [5.41, 5.74) is 2.26. The highest BCUT2D eigenvalue weighted by Gasteiger charge is 2.38. The number of amides is 2. The number of carbonyl (C=O) groups excluding carboxylic acids is 1. The number of fused-ring (bicyclic) bond motifs is 1. The zero-order valence-electron chi connectivity index (χ0n) is 21.1. The summed E-state index contributed by atoms with van der Waals surface area (Å²) in [5.74, 6) is -0.625. The van der Waals surface area contributed by atoms with Crippen molar-refractivity contribution in [2.75, 3.05) is 24.0 Å². The third-order valence-corrected chi connectivity index (χ3v) is 5.83. The van der Waals surface area contributed by atoms with Gasteiger partial charge in [0.25, 0.3) is 0 Å². The van der Waals surface area contributed by atoms with Gasteiger partial charge in [-0.15, -0.1) is 5.98 Å². The molecular weight excluding hydrogens is 481 g/mol. The van der Waals surface area contributed by atoms with E-state index in [9.17, 15) is 4.79 Å². The molecule has 2 aromatic heterocycles. The highest BCUT2D eigenvalue weighted by molar-refractivity contribution is 6.45. The zero-order chi connectivity index (χ0) is 26.9. The average molecular weight is 506 g/mol. The van der Waals surface area contributed by atoms with Crippen molar-refractivity contribution in [2.45, 2.75) is 27.2 Å². The van der Waals surface area contributed by atoms with Crippen LogP contribution in [0.25, 0.3) is 5.57 Å². The highest BCUT2D eigenvalue weighted by Crippen LogP contribution is 2.42. The van der Waals surface area contributed by atoms with Crippen LogP contribution in [0, 0.1) is 24.0 Å². The van der Waals surface area contributed by atoms with E-state index in [2.05, 4.69) is 15.0 Å². The number of rotatable bonds is 7. The van der Waals surface area contributed by atoms with E-state index in [1.165, 1.54) is 37.7 Å². The average Bonchev–Trinajstić information content (AvgIpc) is 2.87. The first-order valence-corrected chi connectivity index (χ1v) is 11.5. The van der Waals surface area contributed by atoms with Crippen LogP contribution in [0.4, 0.5) is 30.8 Å². The van der Waals surface area contributed by atoms with Gasteiger partial charge in [-0.25, -0.2) is 23.5 Å². The topological polar surface area (TPSA) is 105 Å². The van der Waals surface area contributed by atoms with Crippen molar-refractivity contribution in [1.82, 2.24) is 15.0 Å². The second-order valence-corrected chi connectivity index (χ2v) is 8.33. The van der Waals surface area contributed by atoms with Gasteiger partial charge >= 0.3 is 6.03 Å². The minimum absolute atomic E-state index is 0.163. The van der Waals surface area contributed by atoms with Gasteiger partial charge in [-0.05, 0) is 19.9 Å². The summed E-state index contributed by atoms with van der Waals surface area (Å²) in [7, 11) is 3.15. The molecule has 3 aromatic rings. The lowest BCUT2D eigenvalue weighted by atomic mass is 9.79. The molecule has 0 aliphatic carbocycles. The maximum absolute atomic E-state index is 15.4. The molecule has 0 radical (unpaired) electrons. The lowest BCUT2D eigenvalue weighted by molar-refractivity contribution is 0.251. The fourth-order valence-electron chi connectivity index (χ4n) is 4.13. The summed E-state index contributed by atoms with van der Waals surface area (Å²) < 4.78 is 40.9. The molecule has 0 unspecified atom stereocenters. The molecule has 190 valence electrons. The Kier molecular flexibility index (Phi) is 7.19. The van der Waals surface area contributed by atoms with E-state index >= 15 is 8.78 Å². The van der Waals surface area contributed by atoms with Gasteiger partial charge in [0, 0.05) is 35.3 Å². The molecule has 37 heavy (non-hydrogen) atoms. The number of hydrogen-bond acceptors (Lipinski definition) is 7. The number of nitrogens with one attached hydrogen (secondary N) is 1. The number of carbonyl (C=O) groups is 1. The van der Waals surface area contributed by atoms with E-state index in [4.69, 9.17) is 14.9 Å². The summed E-state index contributed by atoms with van der Waals surface area (Å²) in [6.45, 7) is 5.13. The van der Waals surface area contributed by atoms with Crippen LogP contribution in [-0.2, 0) is 6.54 Å². The Morgan fingerprint density at radius 3 is 2.38 bits per heavy atom. The Hall–Kier alpha value is -4.35. The first-order chi connectivity index (χ1) is 17.7. The van der Waals surface area contributed by atoms with E-state index in [1.54, 1.807) is 19.9 Å². The van der Waals surface area contributed by atoms with Gasteiger partial charge in [0.15, 0.2) is 29.0 Å². The standard InChI is InChI=1S/C25H25BF2N6O3/c1-13-9-30-11-21(32-13)34-18-6-17(16(8-26-3)14(2)29)31-10-15(18)12-33(25(34)35)24-22(27)19(36-4)7-20(37-5)23(24)28/h6-11,26,29H,12H2,1-5H3/b16-8+,29-14?. The molecule has 0 fully saturated rings. The van der Waals surface area contributed by atoms with E-state index in [0.29, 0.717) is 41.2 Å². The zero-order valence-corrected chi connectivity index (χ0v) is 21.1. The molecule has 1 aliphatic rings. The SMILES string of the molecule is CB/C=C(\C(C)=N)c1cc2c(cn1)CN(c1c(F)c(OC)cc(OC)c1F)C(=O)N2c1cncc(C)n1. The van der Waals surface area contributed by atoms with Gasteiger partial charge in [-0.1, -0.05) is 6.82 Å². The van der Waals surface area contributed by atoms with Crippen LogP contribution in [0.15, 0.2) is 36.7 Å². The number of benzene rings is 1. The number of hydrogen-bond donors (Lipinski definition) is 1. The first-order valence-electron chi connectivity index (χ1n) is 11.5. The van der Waals surface area contributed by atoms with Crippen LogP contribution in [0.1, 0.15) is 23.9 Å². The fraction of sp³-hybridized carbons (Fsp3) is 0.240. The Morgan fingerprint density at radius 1 is 1.14 bits per heavy atom. The first kappa shape index (κ1) is 25.7. The van der Waals surface area contributed by atoms with Gasteiger partial charge in [-0.2, -0.15) is 0 Å². The van der Waals surface area contributed by atoms with Gasteiger partial charge < -0.3 is 14.9 Å². The van der Waals surface area contributed by atoms with Gasteiger partial charge in [0.2, 0.25) is 0 Å². The van der Waals surface area contributed by atoms with Gasteiger partial charge in [0.1, 0.15) is 13.0 Å². The van der Waals surface area contributed by atoms with Crippen LogP contribution >= 0.6 is 0 Å². The molecule has 0 bridgehead atoms. The summed E-state index contributed by atoms with van der Waals surface area (Å²) in [5, 5.41) is 8.16. The summed E-state index contributed by atoms with van der Waals surface area (Å²) >= 11 is 0.